The van der Waals surface area contributed by atoms with Gasteiger partial charge < -0.3 is 20.3 Å². The summed E-state index contributed by atoms with van der Waals surface area (Å²) >= 11 is 11.8. The van der Waals surface area contributed by atoms with Crippen LogP contribution in [0.1, 0.15) is 57.1 Å². The molecule has 0 radical (unpaired) electrons. The number of hydrogen-bond donors (Lipinski definition) is 3. The number of carbonyl (C=O) groups is 4. The Bertz CT molecular complexity index is 2160. The largest absolute Gasteiger partial charge is 0.491 e. The van der Waals surface area contributed by atoms with Gasteiger partial charge in [0.05, 0.1) is 36.0 Å². The summed E-state index contributed by atoms with van der Waals surface area (Å²) in [5, 5.41) is 17.6. The Morgan fingerprint density at radius 3 is 2.40 bits per heavy atom. The van der Waals surface area contributed by atoms with Crippen LogP contribution in [-0.4, -0.2) is 71.5 Å². The van der Waals surface area contributed by atoms with E-state index in [4.69, 9.17) is 28.6 Å². The van der Waals surface area contributed by atoms with E-state index in [2.05, 4.69) is 16.0 Å². The van der Waals surface area contributed by atoms with Crippen LogP contribution in [0, 0.1) is 23.1 Å². The molecule has 18 heteroatoms. The first-order valence-corrected chi connectivity index (χ1v) is 18.9. The molecule has 3 saturated heterocycles. The van der Waals surface area contributed by atoms with Crippen molar-refractivity contribution in [1.82, 2.24) is 10.2 Å². The summed E-state index contributed by atoms with van der Waals surface area (Å²) in [6.07, 6.45) is -2.05. The molecule has 4 amide bonds. The third kappa shape index (κ3) is 9.30. The van der Waals surface area contributed by atoms with Crippen LogP contribution in [0.4, 0.5) is 40.3 Å². The predicted molar refractivity (Wildman–Crippen MR) is 208 cm³/mol. The third-order valence-electron chi connectivity index (χ3n) is 10.1. The van der Waals surface area contributed by atoms with Crippen molar-refractivity contribution in [3.63, 3.8) is 0 Å². The van der Waals surface area contributed by atoms with E-state index in [9.17, 15) is 37.6 Å². The van der Waals surface area contributed by atoms with Crippen molar-refractivity contribution in [3.8, 4) is 11.8 Å². The Kier molecular flexibility index (Phi) is 12.1. The van der Waals surface area contributed by atoms with Gasteiger partial charge in [0, 0.05) is 34.6 Å². The highest BCUT2D eigenvalue weighted by molar-refractivity contribution is 7.81. The highest BCUT2D eigenvalue weighted by Gasteiger charge is 2.51. The number of amides is 4. The molecule has 0 spiro atoms. The average molecular weight is 828 g/mol. The lowest BCUT2D eigenvalue weighted by Gasteiger charge is -2.31. The number of hydrogen-bond acceptors (Lipinski definition) is 9. The SMILES string of the molecule is CC1(C)C(=O)N(c2ccc(C#N)c(C(F)(F)F)c2)C(=S)N1c1ccc(OCCC2CCN(CC(=O)Nc3cc(Cl)cc(NC4CCC(=O)NC4=O)c3)CC2)c(F)c1. The summed E-state index contributed by atoms with van der Waals surface area (Å²) in [6, 6.07) is 12.8. The summed E-state index contributed by atoms with van der Waals surface area (Å²) in [4.78, 5) is 54.3. The third-order valence-corrected chi connectivity index (χ3v) is 10.7. The summed E-state index contributed by atoms with van der Waals surface area (Å²) in [5.74, 6) is -2.06. The van der Waals surface area contributed by atoms with Crippen LogP contribution in [0.5, 0.6) is 5.75 Å². The quantitative estimate of drug-likeness (QED) is 0.110. The van der Waals surface area contributed by atoms with Gasteiger partial charge in [-0.3, -0.25) is 34.3 Å². The Labute approximate surface area is 336 Å². The molecule has 0 saturated carbocycles. The highest BCUT2D eigenvalue weighted by Crippen LogP contribution is 2.40. The van der Waals surface area contributed by atoms with Gasteiger partial charge in [-0.05, 0) is 119 Å². The molecule has 3 heterocycles. The van der Waals surface area contributed by atoms with E-state index in [-0.39, 0.29) is 59.5 Å². The van der Waals surface area contributed by atoms with Gasteiger partial charge in [-0.15, -0.1) is 0 Å². The Morgan fingerprint density at radius 1 is 1.04 bits per heavy atom. The average Bonchev–Trinajstić information content (AvgIpc) is 3.31. The predicted octanol–water partition coefficient (Wildman–Crippen LogP) is 6.62. The number of thiocarbonyl (C=S) groups is 1. The number of likely N-dealkylation sites (tertiary alicyclic amines) is 1. The minimum Gasteiger partial charge on any atom is -0.491 e. The fourth-order valence-electron chi connectivity index (χ4n) is 7.16. The van der Waals surface area contributed by atoms with Gasteiger partial charge in [0.2, 0.25) is 17.7 Å². The second-order valence-corrected chi connectivity index (χ2v) is 15.4. The van der Waals surface area contributed by atoms with E-state index >= 15 is 4.39 Å². The zero-order chi connectivity index (χ0) is 41.2. The first kappa shape index (κ1) is 41.3. The standard InChI is InChI=1S/C39H38ClF4N7O5S/c1-38(2)36(55)50(27-4-3-23(20-45)29(18-27)39(42,43)44)37(57)51(38)28-5-7-32(30(41)19-28)56-14-11-22-9-12-49(13-10-22)21-34(53)47-26-16-24(40)15-25(17-26)46-31-6-8-33(52)48-35(31)54/h3-5,7,15-19,22,31,46H,6,8-14,21H2,1-2H3,(H,47,53)(H,48,52,54). The molecule has 0 aliphatic carbocycles. The van der Waals surface area contributed by atoms with Crippen LogP contribution in [0.25, 0.3) is 0 Å². The number of halogens is 5. The van der Waals surface area contributed by atoms with Crippen LogP contribution in [0.15, 0.2) is 54.6 Å². The molecule has 0 aromatic heterocycles. The second kappa shape index (κ2) is 16.7. The van der Waals surface area contributed by atoms with Crippen LogP contribution >= 0.6 is 23.8 Å². The van der Waals surface area contributed by atoms with Crippen molar-refractivity contribution >= 4 is 75.3 Å². The summed E-state index contributed by atoms with van der Waals surface area (Å²) in [7, 11) is 0. The molecule has 1 unspecified atom stereocenters. The number of carbonyl (C=O) groups excluding carboxylic acids is 4. The molecule has 3 aromatic carbocycles. The van der Waals surface area contributed by atoms with Crippen LogP contribution < -0.4 is 30.5 Å². The van der Waals surface area contributed by atoms with E-state index < -0.39 is 46.5 Å². The summed E-state index contributed by atoms with van der Waals surface area (Å²) in [5.41, 5.74) is -2.17. The van der Waals surface area contributed by atoms with Crippen molar-refractivity contribution in [1.29, 1.82) is 5.26 Å². The second-order valence-electron chi connectivity index (χ2n) is 14.6. The number of anilines is 4. The monoisotopic (exact) mass is 827 g/mol. The molecule has 12 nitrogen and oxygen atoms in total. The number of rotatable bonds is 11. The number of piperidine rings is 2. The molecular weight excluding hydrogens is 790 g/mol. The molecule has 3 aliphatic heterocycles. The van der Waals surface area contributed by atoms with Crippen LogP contribution in [0.3, 0.4) is 0 Å². The lowest BCUT2D eigenvalue weighted by Crippen LogP contribution is -2.47. The fourth-order valence-corrected chi connectivity index (χ4v) is 7.91. The van der Waals surface area contributed by atoms with E-state index in [1.54, 1.807) is 18.2 Å². The maximum atomic E-state index is 15.4. The number of alkyl halides is 3. The number of imide groups is 1. The van der Waals surface area contributed by atoms with E-state index in [1.165, 1.54) is 43.0 Å². The van der Waals surface area contributed by atoms with Crippen molar-refractivity contribution < 1.29 is 41.5 Å². The number of nitrogens with zero attached hydrogens (tertiary/aromatic N) is 4. The number of nitrogens with one attached hydrogen (secondary N) is 3. The Hall–Kier alpha value is -5.31. The van der Waals surface area contributed by atoms with Crippen molar-refractivity contribution in [2.75, 3.05) is 46.7 Å². The lowest BCUT2D eigenvalue weighted by molar-refractivity contribution is -0.138. The van der Waals surface area contributed by atoms with Crippen molar-refractivity contribution in [2.45, 2.75) is 63.7 Å². The lowest BCUT2D eigenvalue weighted by atomic mass is 9.94. The first-order valence-electron chi connectivity index (χ1n) is 18.1. The molecule has 3 N–H and O–H groups in total. The minimum atomic E-state index is -4.84. The zero-order valence-corrected chi connectivity index (χ0v) is 32.4. The highest BCUT2D eigenvalue weighted by atomic mass is 35.5. The Balaban J connectivity index is 0.983. The fraction of sp³-hybridized carbons (Fsp3) is 0.385. The van der Waals surface area contributed by atoms with Gasteiger partial charge in [-0.1, -0.05) is 11.6 Å². The van der Waals surface area contributed by atoms with E-state index in [0.29, 0.717) is 48.4 Å². The van der Waals surface area contributed by atoms with Crippen molar-refractivity contribution in [3.05, 3.63) is 76.6 Å². The molecule has 6 rings (SSSR count). The summed E-state index contributed by atoms with van der Waals surface area (Å²) in [6.45, 7) is 4.77. The van der Waals surface area contributed by atoms with Crippen molar-refractivity contribution in [2.24, 2.45) is 5.92 Å². The van der Waals surface area contributed by atoms with Gasteiger partial charge in [0.15, 0.2) is 16.7 Å². The van der Waals surface area contributed by atoms with Gasteiger partial charge >= 0.3 is 6.18 Å². The maximum absolute atomic E-state index is 15.4. The smallest absolute Gasteiger partial charge is 0.417 e. The van der Waals surface area contributed by atoms with E-state index in [1.807, 2.05) is 4.90 Å². The molecule has 3 aromatic rings. The summed E-state index contributed by atoms with van der Waals surface area (Å²) < 4.78 is 62.2. The zero-order valence-electron chi connectivity index (χ0n) is 30.8. The Morgan fingerprint density at radius 2 is 1.74 bits per heavy atom. The van der Waals surface area contributed by atoms with Gasteiger partial charge in [-0.2, -0.15) is 18.4 Å². The van der Waals surface area contributed by atoms with Gasteiger partial charge in [-0.25, -0.2) is 4.39 Å². The molecule has 1 atom stereocenters. The topological polar surface area (TPSA) is 147 Å². The first-order chi connectivity index (χ1) is 26.9. The molecule has 300 valence electrons. The number of ether oxygens (including phenoxy) is 1. The molecule has 3 fully saturated rings. The molecule has 57 heavy (non-hydrogen) atoms. The van der Waals surface area contributed by atoms with Gasteiger partial charge in [0.25, 0.3) is 5.91 Å². The minimum absolute atomic E-state index is 0.0163. The number of nitriles is 1. The maximum Gasteiger partial charge on any atom is 0.417 e. The van der Waals surface area contributed by atoms with Crippen LogP contribution in [0.2, 0.25) is 5.02 Å². The molecular formula is C39H38ClF4N7O5S. The van der Waals surface area contributed by atoms with Gasteiger partial charge in [0.1, 0.15) is 11.6 Å². The van der Waals surface area contributed by atoms with E-state index in [0.717, 1.165) is 29.9 Å². The van der Waals surface area contributed by atoms with Crippen LogP contribution in [-0.2, 0) is 25.4 Å². The normalized spacial score (nSPS) is 19.0. The molecule has 3 aliphatic rings. The molecule has 0 bridgehead atoms. The number of benzene rings is 3.